The van der Waals surface area contributed by atoms with E-state index in [1.54, 1.807) is 43.8 Å². The molecule has 7 heteroatoms. The molecule has 148 valence electrons. The van der Waals surface area contributed by atoms with Gasteiger partial charge in [-0.3, -0.25) is 14.6 Å². The van der Waals surface area contributed by atoms with Crippen LogP contribution < -0.4 is 15.4 Å². The Bertz CT molecular complexity index is 977. The molecule has 0 aliphatic carbocycles. The molecule has 3 aromatic rings. The summed E-state index contributed by atoms with van der Waals surface area (Å²) in [5.41, 5.74) is 2.33. The SMILES string of the molecule is COc1cccc(CCNC(=O)c2cccc(C(=O)NCc3cccnc3)n2)c1. The van der Waals surface area contributed by atoms with Crippen molar-refractivity contribution in [1.29, 1.82) is 0 Å². The van der Waals surface area contributed by atoms with Gasteiger partial charge in [-0.1, -0.05) is 24.3 Å². The molecular weight excluding hydrogens is 368 g/mol. The molecule has 0 aliphatic rings. The smallest absolute Gasteiger partial charge is 0.270 e. The number of pyridine rings is 2. The minimum Gasteiger partial charge on any atom is -0.497 e. The standard InChI is InChI=1S/C22H22N4O3/c1-29-18-7-2-5-16(13-18)10-12-24-21(27)19-8-3-9-20(26-19)22(28)25-15-17-6-4-11-23-14-17/h2-9,11,13-14H,10,12,15H2,1H3,(H,24,27)(H,25,28). The van der Waals surface area contributed by atoms with Gasteiger partial charge in [0.2, 0.25) is 0 Å². The van der Waals surface area contributed by atoms with Gasteiger partial charge in [0.15, 0.2) is 0 Å². The zero-order chi connectivity index (χ0) is 20.5. The number of carbonyl (C=O) groups excluding carboxylic acids is 2. The van der Waals surface area contributed by atoms with E-state index in [4.69, 9.17) is 4.74 Å². The maximum atomic E-state index is 12.4. The lowest BCUT2D eigenvalue weighted by Gasteiger charge is -2.08. The van der Waals surface area contributed by atoms with Gasteiger partial charge in [-0.2, -0.15) is 0 Å². The van der Waals surface area contributed by atoms with Crippen LogP contribution in [0.5, 0.6) is 5.75 Å². The van der Waals surface area contributed by atoms with Crippen LogP contribution in [0, 0.1) is 0 Å². The predicted octanol–water partition coefficient (Wildman–Crippen LogP) is 2.39. The van der Waals surface area contributed by atoms with E-state index in [1.165, 1.54) is 0 Å². The third-order valence-corrected chi connectivity index (χ3v) is 4.22. The zero-order valence-corrected chi connectivity index (χ0v) is 16.1. The van der Waals surface area contributed by atoms with Crippen molar-refractivity contribution >= 4 is 11.8 Å². The van der Waals surface area contributed by atoms with Crippen LogP contribution in [0.4, 0.5) is 0 Å². The molecule has 29 heavy (non-hydrogen) atoms. The molecule has 2 N–H and O–H groups in total. The Labute approximate surface area is 169 Å². The van der Waals surface area contributed by atoms with Gasteiger partial charge in [0.05, 0.1) is 7.11 Å². The molecule has 0 fully saturated rings. The van der Waals surface area contributed by atoms with Gasteiger partial charge in [0.25, 0.3) is 11.8 Å². The number of nitrogens with one attached hydrogen (secondary N) is 2. The Hall–Kier alpha value is -3.74. The van der Waals surface area contributed by atoms with Crippen molar-refractivity contribution in [2.45, 2.75) is 13.0 Å². The second-order valence-corrected chi connectivity index (χ2v) is 6.31. The summed E-state index contributed by atoms with van der Waals surface area (Å²) in [7, 11) is 1.62. The number of amides is 2. The lowest BCUT2D eigenvalue weighted by atomic mass is 10.1. The van der Waals surface area contributed by atoms with Gasteiger partial charge in [-0.05, 0) is 47.9 Å². The van der Waals surface area contributed by atoms with Gasteiger partial charge >= 0.3 is 0 Å². The first kappa shape index (κ1) is 20.0. The zero-order valence-electron chi connectivity index (χ0n) is 16.1. The molecule has 2 aromatic heterocycles. The largest absolute Gasteiger partial charge is 0.497 e. The summed E-state index contributed by atoms with van der Waals surface area (Å²) in [5, 5.41) is 5.60. The molecule has 0 aliphatic heterocycles. The molecule has 1 aromatic carbocycles. The average Bonchev–Trinajstić information content (AvgIpc) is 2.78. The van der Waals surface area contributed by atoms with Crippen LogP contribution in [0.1, 0.15) is 32.1 Å². The number of nitrogens with zero attached hydrogens (tertiary/aromatic N) is 2. The van der Waals surface area contributed by atoms with E-state index in [0.29, 0.717) is 19.5 Å². The van der Waals surface area contributed by atoms with E-state index in [0.717, 1.165) is 16.9 Å². The fourth-order valence-electron chi connectivity index (χ4n) is 2.70. The van der Waals surface area contributed by atoms with E-state index in [1.807, 2.05) is 30.3 Å². The van der Waals surface area contributed by atoms with Crippen LogP contribution in [0.3, 0.4) is 0 Å². The van der Waals surface area contributed by atoms with Crippen molar-refractivity contribution in [3.63, 3.8) is 0 Å². The maximum absolute atomic E-state index is 12.4. The Kier molecular flexibility index (Phi) is 6.89. The summed E-state index contributed by atoms with van der Waals surface area (Å²) in [6.07, 6.45) is 4.01. The normalized spacial score (nSPS) is 10.2. The van der Waals surface area contributed by atoms with E-state index in [9.17, 15) is 9.59 Å². The van der Waals surface area contributed by atoms with E-state index in [2.05, 4.69) is 20.6 Å². The quantitative estimate of drug-likeness (QED) is 0.616. The van der Waals surface area contributed by atoms with E-state index >= 15 is 0 Å². The lowest BCUT2D eigenvalue weighted by molar-refractivity contribution is 0.0943. The second kappa shape index (κ2) is 9.98. The van der Waals surface area contributed by atoms with Crippen molar-refractivity contribution in [2.75, 3.05) is 13.7 Å². The number of methoxy groups -OCH3 is 1. The highest BCUT2D eigenvalue weighted by molar-refractivity contribution is 5.96. The van der Waals surface area contributed by atoms with Gasteiger partial charge in [-0.25, -0.2) is 4.98 Å². The Morgan fingerprint density at radius 1 is 0.931 bits per heavy atom. The van der Waals surface area contributed by atoms with E-state index in [-0.39, 0.29) is 23.2 Å². The molecule has 3 rings (SSSR count). The molecule has 0 atom stereocenters. The van der Waals surface area contributed by atoms with Crippen LogP contribution in [-0.4, -0.2) is 35.4 Å². The van der Waals surface area contributed by atoms with Crippen LogP contribution in [0.15, 0.2) is 67.0 Å². The van der Waals surface area contributed by atoms with Crippen molar-refractivity contribution in [2.24, 2.45) is 0 Å². The average molecular weight is 390 g/mol. The highest BCUT2D eigenvalue weighted by atomic mass is 16.5. The number of hydrogen-bond acceptors (Lipinski definition) is 5. The highest BCUT2D eigenvalue weighted by Crippen LogP contribution is 2.12. The molecule has 0 radical (unpaired) electrons. The fraction of sp³-hybridized carbons (Fsp3) is 0.182. The minimum absolute atomic E-state index is 0.189. The maximum Gasteiger partial charge on any atom is 0.270 e. The number of carbonyl (C=O) groups is 2. The highest BCUT2D eigenvalue weighted by Gasteiger charge is 2.12. The summed E-state index contributed by atoms with van der Waals surface area (Å²) in [6.45, 7) is 0.788. The van der Waals surface area contributed by atoms with Crippen LogP contribution in [0.2, 0.25) is 0 Å². The van der Waals surface area contributed by atoms with Gasteiger partial charge in [-0.15, -0.1) is 0 Å². The Morgan fingerprint density at radius 2 is 1.66 bits per heavy atom. The molecule has 0 spiro atoms. The first-order valence-corrected chi connectivity index (χ1v) is 9.21. The van der Waals surface area contributed by atoms with Crippen molar-refractivity contribution < 1.29 is 14.3 Å². The summed E-state index contributed by atoms with van der Waals surface area (Å²) in [6, 6.07) is 16.1. The lowest BCUT2D eigenvalue weighted by Crippen LogP contribution is -2.28. The number of benzene rings is 1. The van der Waals surface area contributed by atoms with Gasteiger partial charge in [0.1, 0.15) is 17.1 Å². The third kappa shape index (κ3) is 5.87. The van der Waals surface area contributed by atoms with Crippen LogP contribution in [-0.2, 0) is 13.0 Å². The minimum atomic E-state index is -0.347. The summed E-state index contributed by atoms with van der Waals surface area (Å²) < 4.78 is 5.20. The topological polar surface area (TPSA) is 93.2 Å². The number of hydrogen-bond donors (Lipinski definition) is 2. The molecule has 7 nitrogen and oxygen atoms in total. The van der Waals surface area contributed by atoms with Gasteiger partial charge < -0.3 is 15.4 Å². The van der Waals surface area contributed by atoms with Crippen molar-refractivity contribution in [3.05, 3.63) is 89.5 Å². The fourth-order valence-corrected chi connectivity index (χ4v) is 2.70. The monoisotopic (exact) mass is 390 g/mol. The molecule has 0 bridgehead atoms. The van der Waals surface area contributed by atoms with Crippen LogP contribution >= 0.6 is 0 Å². The summed E-state index contributed by atoms with van der Waals surface area (Å²) in [4.78, 5) is 32.9. The van der Waals surface area contributed by atoms with Crippen molar-refractivity contribution in [3.8, 4) is 5.75 Å². The first-order valence-electron chi connectivity index (χ1n) is 9.21. The number of aromatic nitrogens is 2. The molecule has 2 amide bonds. The Morgan fingerprint density at radius 3 is 2.38 bits per heavy atom. The summed E-state index contributed by atoms with van der Waals surface area (Å²) >= 11 is 0. The van der Waals surface area contributed by atoms with Crippen LogP contribution in [0.25, 0.3) is 0 Å². The number of ether oxygens (including phenoxy) is 1. The second-order valence-electron chi connectivity index (χ2n) is 6.31. The molecule has 2 heterocycles. The third-order valence-electron chi connectivity index (χ3n) is 4.22. The van der Waals surface area contributed by atoms with Crippen molar-refractivity contribution in [1.82, 2.24) is 20.6 Å². The van der Waals surface area contributed by atoms with Gasteiger partial charge in [0, 0.05) is 25.5 Å². The number of rotatable bonds is 8. The summed E-state index contributed by atoms with van der Waals surface area (Å²) in [5.74, 6) is 0.107. The Balaban J connectivity index is 1.53. The predicted molar refractivity (Wildman–Crippen MR) is 109 cm³/mol. The first-order chi connectivity index (χ1) is 14.2. The molecule has 0 saturated carbocycles. The molecular formula is C22H22N4O3. The van der Waals surface area contributed by atoms with E-state index < -0.39 is 0 Å². The molecule has 0 unspecified atom stereocenters. The molecule has 0 saturated heterocycles.